The second-order valence-electron chi connectivity index (χ2n) is 5.98. The number of hydrogen-bond donors (Lipinski definition) is 2. The van der Waals surface area contributed by atoms with Crippen molar-refractivity contribution in [2.75, 3.05) is 11.4 Å². The van der Waals surface area contributed by atoms with Gasteiger partial charge in [-0.05, 0) is 38.8 Å². The Labute approximate surface area is 128 Å². The number of anilines is 1. The molecule has 1 unspecified atom stereocenters. The van der Waals surface area contributed by atoms with E-state index in [9.17, 15) is 14.4 Å². The molecule has 1 atom stereocenters. The molecule has 1 saturated heterocycles. The lowest BCUT2D eigenvalue weighted by atomic mass is 9.69. The van der Waals surface area contributed by atoms with Gasteiger partial charge >= 0.3 is 6.03 Å². The molecule has 0 aliphatic carbocycles. The summed E-state index contributed by atoms with van der Waals surface area (Å²) in [6.07, 6.45) is 0.298. The van der Waals surface area contributed by atoms with Crippen LogP contribution in [0.2, 0.25) is 0 Å². The first-order valence-corrected chi connectivity index (χ1v) is 7.43. The summed E-state index contributed by atoms with van der Waals surface area (Å²) in [6, 6.07) is 4.98. The SMILES string of the molecule is CCN1c2ccc(C)cc2CC2(C(=O)NC(=O)NC2=O)C1C. The van der Waals surface area contributed by atoms with Crippen LogP contribution in [0.4, 0.5) is 10.5 Å². The summed E-state index contributed by atoms with van der Waals surface area (Å²) < 4.78 is 0. The molecule has 0 aromatic heterocycles. The standard InChI is InChI=1S/C16H19N3O3/c1-4-19-10(3)16(13(20)17-15(22)18-14(16)21)8-11-7-9(2)5-6-12(11)19/h5-7,10H,4,8H2,1-3H3,(H2,17,18,20,21,22). The number of carbonyl (C=O) groups excluding carboxylic acids is 3. The topological polar surface area (TPSA) is 78.5 Å². The average Bonchev–Trinajstić information content (AvgIpc) is 2.45. The first-order chi connectivity index (χ1) is 10.4. The van der Waals surface area contributed by atoms with Crippen LogP contribution < -0.4 is 15.5 Å². The van der Waals surface area contributed by atoms with Gasteiger partial charge in [-0.25, -0.2) is 4.79 Å². The van der Waals surface area contributed by atoms with Crippen molar-refractivity contribution in [2.45, 2.75) is 33.2 Å². The molecule has 1 spiro atoms. The fourth-order valence-corrected chi connectivity index (χ4v) is 3.61. The average molecular weight is 301 g/mol. The summed E-state index contributed by atoms with van der Waals surface area (Å²) in [7, 11) is 0. The molecule has 116 valence electrons. The number of nitrogens with one attached hydrogen (secondary N) is 2. The van der Waals surface area contributed by atoms with E-state index in [-0.39, 0.29) is 6.04 Å². The zero-order valence-corrected chi connectivity index (χ0v) is 12.9. The second kappa shape index (κ2) is 4.83. The highest BCUT2D eigenvalue weighted by atomic mass is 16.2. The zero-order chi connectivity index (χ0) is 16.1. The van der Waals surface area contributed by atoms with Gasteiger partial charge in [0.1, 0.15) is 0 Å². The van der Waals surface area contributed by atoms with Crippen molar-refractivity contribution in [3.8, 4) is 0 Å². The van der Waals surface area contributed by atoms with Crippen molar-refractivity contribution in [3.05, 3.63) is 29.3 Å². The zero-order valence-electron chi connectivity index (χ0n) is 12.9. The number of nitrogens with zero attached hydrogens (tertiary/aromatic N) is 1. The minimum atomic E-state index is -1.27. The van der Waals surface area contributed by atoms with Gasteiger partial charge in [0.05, 0.1) is 0 Å². The van der Waals surface area contributed by atoms with Gasteiger partial charge in [-0.15, -0.1) is 0 Å². The molecule has 2 aliphatic heterocycles. The maximum Gasteiger partial charge on any atom is 0.328 e. The molecule has 0 saturated carbocycles. The summed E-state index contributed by atoms with van der Waals surface area (Å²) in [5.41, 5.74) is 1.81. The van der Waals surface area contributed by atoms with Gasteiger partial charge in [0.25, 0.3) is 0 Å². The molecule has 6 nitrogen and oxygen atoms in total. The summed E-state index contributed by atoms with van der Waals surface area (Å²) >= 11 is 0. The predicted molar refractivity (Wildman–Crippen MR) is 81.5 cm³/mol. The van der Waals surface area contributed by atoms with Crippen molar-refractivity contribution in [2.24, 2.45) is 5.41 Å². The van der Waals surface area contributed by atoms with Crippen LogP contribution in [0.3, 0.4) is 0 Å². The van der Waals surface area contributed by atoms with Crippen LogP contribution in [-0.2, 0) is 16.0 Å². The minimum absolute atomic E-state index is 0.298. The van der Waals surface area contributed by atoms with Crippen LogP contribution in [0.15, 0.2) is 18.2 Å². The normalized spacial score (nSPS) is 23.1. The highest BCUT2D eigenvalue weighted by Gasteiger charge is 2.57. The van der Waals surface area contributed by atoms with Crippen molar-refractivity contribution < 1.29 is 14.4 Å². The van der Waals surface area contributed by atoms with E-state index < -0.39 is 23.3 Å². The first-order valence-electron chi connectivity index (χ1n) is 7.43. The molecule has 2 heterocycles. The summed E-state index contributed by atoms with van der Waals surface area (Å²) in [4.78, 5) is 38.5. The van der Waals surface area contributed by atoms with Gasteiger partial charge in [0.2, 0.25) is 11.8 Å². The molecule has 1 aromatic rings. The molecule has 2 N–H and O–H groups in total. The lowest BCUT2D eigenvalue weighted by Gasteiger charge is -2.48. The van der Waals surface area contributed by atoms with E-state index in [1.165, 1.54) is 0 Å². The molecule has 6 heteroatoms. The number of aryl methyl sites for hydroxylation is 1. The fraction of sp³-hybridized carbons (Fsp3) is 0.438. The first kappa shape index (κ1) is 14.6. The van der Waals surface area contributed by atoms with Gasteiger partial charge in [-0.1, -0.05) is 17.7 Å². The molecule has 1 fully saturated rings. The number of urea groups is 1. The van der Waals surface area contributed by atoms with E-state index in [0.29, 0.717) is 13.0 Å². The number of benzene rings is 1. The van der Waals surface area contributed by atoms with Gasteiger partial charge < -0.3 is 4.90 Å². The van der Waals surface area contributed by atoms with E-state index in [1.54, 1.807) is 0 Å². The van der Waals surface area contributed by atoms with Crippen LogP contribution in [0.5, 0.6) is 0 Å². The Kier molecular flexibility index (Phi) is 3.20. The number of hydrogen-bond acceptors (Lipinski definition) is 4. The van der Waals surface area contributed by atoms with Crippen LogP contribution in [0.1, 0.15) is 25.0 Å². The maximum atomic E-state index is 12.5. The van der Waals surface area contributed by atoms with Gasteiger partial charge in [0.15, 0.2) is 5.41 Å². The molecule has 22 heavy (non-hydrogen) atoms. The number of amides is 4. The summed E-state index contributed by atoms with van der Waals surface area (Å²) in [6.45, 7) is 6.50. The van der Waals surface area contributed by atoms with E-state index in [0.717, 1.165) is 16.8 Å². The van der Waals surface area contributed by atoms with E-state index in [4.69, 9.17) is 0 Å². The van der Waals surface area contributed by atoms with Gasteiger partial charge in [-0.3, -0.25) is 20.2 Å². The van der Waals surface area contributed by atoms with Crippen LogP contribution in [0, 0.1) is 12.3 Å². The second-order valence-corrected chi connectivity index (χ2v) is 5.98. The van der Waals surface area contributed by atoms with Crippen molar-refractivity contribution in [1.82, 2.24) is 10.6 Å². The Morgan fingerprint density at radius 1 is 1.23 bits per heavy atom. The van der Waals surface area contributed by atoms with Crippen molar-refractivity contribution in [1.29, 1.82) is 0 Å². The Bertz CT molecular complexity index is 663. The van der Waals surface area contributed by atoms with Crippen LogP contribution >= 0.6 is 0 Å². The van der Waals surface area contributed by atoms with Crippen molar-refractivity contribution in [3.63, 3.8) is 0 Å². The minimum Gasteiger partial charge on any atom is -0.367 e. The Balaban J connectivity index is 2.16. The number of rotatable bonds is 1. The molecule has 2 aliphatic rings. The maximum absolute atomic E-state index is 12.5. The highest BCUT2D eigenvalue weighted by Crippen LogP contribution is 2.42. The monoisotopic (exact) mass is 301 g/mol. The van der Waals surface area contributed by atoms with Crippen LogP contribution in [0.25, 0.3) is 0 Å². The lowest BCUT2D eigenvalue weighted by Crippen LogP contribution is -2.70. The largest absolute Gasteiger partial charge is 0.367 e. The number of fused-ring (bicyclic) bond motifs is 1. The molecule has 3 rings (SSSR count). The third kappa shape index (κ3) is 1.83. The Morgan fingerprint density at radius 3 is 2.45 bits per heavy atom. The van der Waals surface area contributed by atoms with E-state index >= 15 is 0 Å². The lowest BCUT2D eigenvalue weighted by molar-refractivity contribution is -0.146. The molecule has 4 amide bonds. The number of carbonyl (C=O) groups is 3. The summed E-state index contributed by atoms with van der Waals surface area (Å²) in [5.74, 6) is -1.03. The molecule has 1 aromatic carbocycles. The number of barbiturate groups is 1. The van der Waals surface area contributed by atoms with E-state index in [1.807, 2.05) is 43.9 Å². The third-order valence-electron chi connectivity index (χ3n) is 4.80. The van der Waals surface area contributed by atoms with Gasteiger partial charge in [0, 0.05) is 18.3 Å². The molecule has 0 bridgehead atoms. The van der Waals surface area contributed by atoms with Crippen molar-refractivity contribution >= 4 is 23.5 Å². The summed E-state index contributed by atoms with van der Waals surface area (Å²) in [5, 5.41) is 4.51. The fourth-order valence-electron chi connectivity index (χ4n) is 3.61. The Morgan fingerprint density at radius 2 is 1.86 bits per heavy atom. The number of imide groups is 2. The molecular formula is C16H19N3O3. The third-order valence-corrected chi connectivity index (χ3v) is 4.80. The van der Waals surface area contributed by atoms with Crippen LogP contribution in [-0.4, -0.2) is 30.4 Å². The highest BCUT2D eigenvalue weighted by molar-refractivity contribution is 6.20. The predicted octanol–water partition coefficient (Wildman–Crippen LogP) is 1.12. The molecular weight excluding hydrogens is 282 g/mol. The quantitative estimate of drug-likeness (QED) is 0.762. The van der Waals surface area contributed by atoms with E-state index in [2.05, 4.69) is 10.6 Å². The Hall–Kier alpha value is -2.37. The van der Waals surface area contributed by atoms with Gasteiger partial charge in [-0.2, -0.15) is 0 Å². The molecule has 0 radical (unpaired) electrons. The smallest absolute Gasteiger partial charge is 0.328 e.